The van der Waals surface area contributed by atoms with Gasteiger partial charge in [0, 0.05) is 6.54 Å². The number of benzene rings is 3. The first kappa shape index (κ1) is 25.9. The molecule has 0 aliphatic carbocycles. The Hall–Kier alpha value is -3.76. The first-order chi connectivity index (χ1) is 16.9. The zero-order valence-corrected chi connectivity index (χ0v) is 21.5. The molecule has 0 bridgehead atoms. The van der Waals surface area contributed by atoms with Crippen molar-refractivity contribution >= 4 is 27.9 Å². The summed E-state index contributed by atoms with van der Waals surface area (Å²) in [5, 5.41) is 12.4. The van der Waals surface area contributed by atoms with E-state index in [0.29, 0.717) is 41.3 Å². The van der Waals surface area contributed by atoms with E-state index in [1.165, 1.54) is 11.6 Å². The highest BCUT2D eigenvalue weighted by atomic mass is 79.9. The molecular weight excluding hydrogens is 508 g/mol. The fourth-order valence-electron chi connectivity index (χ4n) is 3.25. The quantitative estimate of drug-likeness (QED) is 0.256. The van der Waals surface area contributed by atoms with Crippen LogP contribution in [0.5, 0.6) is 17.2 Å². The average Bonchev–Trinajstić information content (AvgIpc) is 2.87. The third kappa shape index (κ3) is 7.36. The molecule has 0 saturated carbocycles. The molecule has 0 aliphatic rings. The van der Waals surface area contributed by atoms with Gasteiger partial charge in [0.05, 0.1) is 18.2 Å². The Balaban J connectivity index is 1.75. The van der Waals surface area contributed by atoms with Gasteiger partial charge in [-0.05, 0) is 76.8 Å². The molecule has 0 fully saturated rings. The number of hydrogen-bond donors (Lipinski definition) is 1. The minimum atomic E-state index is -0.461. The van der Waals surface area contributed by atoms with Crippen LogP contribution in [0.25, 0.3) is 6.08 Å². The van der Waals surface area contributed by atoms with Gasteiger partial charge in [-0.1, -0.05) is 42.0 Å². The van der Waals surface area contributed by atoms with Gasteiger partial charge in [-0.15, -0.1) is 0 Å². The smallest absolute Gasteiger partial charge is 0.262 e. The molecule has 1 N–H and O–H groups in total. The predicted octanol–water partition coefficient (Wildman–Crippen LogP) is 5.97. The summed E-state index contributed by atoms with van der Waals surface area (Å²) in [5.41, 5.74) is 3.74. The second-order valence-electron chi connectivity index (χ2n) is 7.74. The van der Waals surface area contributed by atoms with Crippen LogP contribution >= 0.6 is 15.9 Å². The van der Waals surface area contributed by atoms with Crippen LogP contribution in [0, 0.1) is 18.3 Å². The van der Waals surface area contributed by atoms with Crippen LogP contribution in [0.4, 0.5) is 0 Å². The van der Waals surface area contributed by atoms with Crippen LogP contribution in [0.3, 0.4) is 0 Å². The third-order valence-corrected chi connectivity index (χ3v) is 5.71. The normalized spacial score (nSPS) is 10.9. The van der Waals surface area contributed by atoms with Crippen molar-refractivity contribution in [3.63, 3.8) is 0 Å². The highest BCUT2D eigenvalue weighted by Gasteiger charge is 2.15. The number of carbonyl (C=O) groups is 1. The van der Waals surface area contributed by atoms with Gasteiger partial charge in [0.2, 0.25) is 0 Å². The topological polar surface area (TPSA) is 80.6 Å². The largest absolute Gasteiger partial charge is 0.497 e. The summed E-state index contributed by atoms with van der Waals surface area (Å²) >= 11 is 3.55. The summed E-state index contributed by atoms with van der Waals surface area (Å²) < 4.78 is 17.6. The van der Waals surface area contributed by atoms with Gasteiger partial charge in [-0.25, -0.2) is 0 Å². The molecule has 0 radical (unpaired) electrons. The Kier molecular flexibility index (Phi) is 9.33. The lowest BCUT2D eigenvalue weighted by Gasteiger charge is -2.15. The second kappa shape index (κ2) is 12.6. The van der Waals surface area contributed by atoms with Crippen LogP contribution in [-0.2, 0) is 17.9 Å². The summed E-state index contributed by atoms with van der Waals surface area (Å²) in [6, 6.07) is 21.0. The average molecular weight is 535 g/mol. The van der Waals surface area contributed by atoms with Crippen LogP contribution in [0.15, 0.2) is 70.7 Å². The third-order valence-electron chi connectivity index (χ3n) is 5.12. The number of amides is 1. The van der Waals surface area contributed by atoms with E-state index < -0.39 is 5.91 Å². The number of hydrogen-bond acceptors (Lipinski definition) is 5. The molecule has 0 atom stereocenters. The van der Waals surface area contributed by atoms with Crippen molar-refractivity contribution in [2.24, 2.45) is 0 Å². The Labute approximate surface area is 214 Å². The summed E-state index contributed by atoms with van der Waals surface area (Å²) in [7, 11) is 1.60. The van der Waals surface area contributed by atoms with Crippen LogP contribution in [-0.4, -0.2) is 19.6 Å². The number of aryl methyl sites for hydroxylation is 1. The maximum absolute atomic E-state index is 12.6. The van der Waals surface area contributed by atoms with Gasteiger partial charge < -0.3 is 19.5 Å². The molecule has 3 aromatic carbocycles. The zero-order valence-electron chi connectivity index (χ0n) is 19.9. The number of nitrogens with one attached hydrogen (secondary N) is 1. The number of nitrogens with zero attached hydrogens (tertiary/aromatic N) is 1. The lowest BCUT2D eigenvalue weighted by atomic mass is 10.1. The molecule has 3 rings (SSSR count). The van der Waals surface area contributed by atoms with Crippen molar-refractivity contribution in [1.82, 2.24) is 5.32 Å². The van der Waals surface area contributed by atoms with Crippen molar-refractivity contribution in [3.05, 3.63) is 93.0 Å². The number of halogens is 1. The minimum absolute atomic E-state index is 0.0128. The molecule has 3 aromatic rings. The van der Waals surface area contributed by atoms with Gasteiger partial charge in [0.15, 0.2) is 11.5 Å². The number of rotatable bonds is 10. The molecule has 6 nitrogen and oxygen atoms in total. The molecule has 0 spiro atoms. The van der Waals surface area contributed by atoms with Gasteiger partial charge in [-0.2, -0.15) is 5.26 Å². The lowest BCUT2D eigenvalue weighted by molar-refractivity contribution is -0.117. The lowest BCUT2D eigenvalue weighted by Crippen LogP contribution is -2.23. The second-order valence-corrected chi connectivity index (χ2v) is 8.59. The Morgan fingerprint density at radius 2 is 1.74 bits per heavy atom. The monoisotopic (exact) mass is 534 g/mol. The molecule has 180 valence electrons. The van der Waals surface area contributed by atoms with E-state index >= 15 is 0 Å². The van der Waals surface area contributed by atoms with Crippen molar-refractivity contribution < 1.29 is 19.0 Å². The van der Waals surface area contributed by atoms with Crippen molar-refractivity contribution in [3.8, 4) is 23.3 Å². The maximum atomic E-state index is 12.6. The molecule has 1 amide bonds. The highest BCUT2D eigenvalue weighted by molar-refractivity contribution is 9.10. The van der Waals surface area contributed by atoms with E-state index in [-0.39, 0.29) is 5.57 Å². The van der Waals surface area contributed by atoms with E-state index in [2.05, 4.69) is 21.2 Å². The Morgan fingerprint density at radius 1 is 1.06 bits per heavy atom. The fraction of sp³-hybridized carbons (Fsp3) is 0.214. The molecular formula is C28H27BrN2O4. The molecule has 0 unspecified atom stereocenters. The number of ether oxygens (including phenoxy) is 3. The van der Waals surface area contributed by atoms with Crippen LogP contribution < -0.4 is 19.5 Å². The van der Waals surface area contributed by atoms with Gasteiger partial charge in [-0.3, -0.25) is 4.79 Å². The van der Waals surface area contributed by atoms with E-state index in [0.717, 1.165) is 16.9 Å². The number of methoxy groups -OCH3 is 1. The molecule has 35 heavy (non-hydrogen) atoms. The predicted molar refractivity (Wildman–Crippen MR) is 139 cm³/mol. The standard InChI is InChI=1S/C28H27BrN2O4/c1-4-34-26-15-22(14-25(29)27(26)35-18-21-7-5-19(2)6-8-21)13-23(16-30)28(32)31-17-20-9-11-24(33-3)12-10-20/h5-15H,4,17-18H2,1-3H3,(H,31,32)/b23-13-. The van der Waals surface area contributed by atoms with Crippen molar-refractivity contribution in [2.45, 2.75) is 27.0 Å². The van der Waals surface area contributed by atoms with Crippen molar-refractivity contribution in [2.75, 3.05) is 13.7 Å². The number of nitriles is 1. The fourth-order valence-corrected chi connectivity index (χ4v) is 3.82. The minimum Gasteiger partial charge on any atom is -0.497 e. The van der Waals surface area contributed by atoms with Gasteiger partial charge >= 0.3 is 0 Å². The molecule has 7 heteroatoms. The van der Waals surface area contributed by atoms with E-state index in [1.54, 1.807) is 19.2 Å². The van der Waals surface area contributed by atoms with Gasteiger partial charge in [0.25, 0.3) is 5.91 Å². The molecule has 0 aromatic heterocycles. The summed E-state index contributed by atoms with van der Waals surface area (Å²) in [6.45, 7) is 5.03. The Bertz CT molecular complexity index is 1230. The maximum Gasteiger partial charge on any atom is 0.262 e. The SMILES string of the molecule is CCOc1cc(/C=C(/C#N)C(=O)NCc2ccc(OC)cc2)cc(Br)c1OCc1ccc(C)cc1. The number of carbonyl (C=O) groups excluding carboxylic acids is 1. The summed E-state index contributed by atoms with van der Waals surface area (Å²) in [4.78, 5) is 12.6. The van der Waals surface area contributed by atoms with Crippen LogP contribution in [0.2, 0.25) is 0 Å². The summed E-state index contributed by atoms with van der Waals surface area (Å²) in [6.07, 6.45) is 1.53. The van der Waals surface area contributed by atoms with E-state index in [1.807, 2.05) is 68.4 Å². The Morgan fingerprint density at radius 3 is 2.37 bits per heavy atom. The molecule has 0 heterocycles. The molecule has 0 aliphatic heterocycles. The van der Waals surface area contributed by atoms with E-state index in [4.69, 9.17) is 14.2 Å². The van der Waals surface area contributed by atoms with Gasteiger partial charge in [0.1, 0.15) is 24.0 Å². The first-order valence-electron chi connectivity index (χ1n) is 11.1. The van der Waals surface area contributed by atoms with Crippen molar-refractivity contribution in [1.29, 1.82) is 5.26 Å². The zero-order chi connectivity index (χ0) is 25.2. The summed E-state index contributed by atoms with van der Waals surface area (Å²) in [5.74, 6) is 1.36. The highest BCUT2D eigenvalue weighted by Crippen LogP contribution is 2.38. The molecule has 0 saturated heterocycles. The first-order valence-corrected chi connectivity index (χ1v) is 11.9. The van der Waals surface area contributed by atoms with Crippen LogP contribution in [0.1, 0.15) is 29.2 Å². The van der Waals surface area contributed by atoms with E-state index in [9.17, 15) is 10.1 Å².